The van der Waals surface area contributed by atoms with E-state index in [-0.39, 0.29) is 11.4 Å². The van der Waals surface area contributed by atoms with Crippen molar-refractivity contribution in [1.29, 1.82) is 0 Å². The summed E-state index contributed by atoms with van der Waals surface area (Å²) in [6.07, 6.45) is 3.77. The molecule has 1 aromatic heterocycles. The van der Waals surface area contributed by atoms with E-state index in [9.17, 15) is 4.79 Å². The molecular formula is C12H20N2O2. The van der Waals surface area contributed by atoms with Gasteiger partial charge in [0.15, 0.2) is 0 Å². The number of carbonyl (C=O) groups excluding carboxylic acids is 1. The molecule has 1 amide bonds. The van der Waals surface area contributed by atoms with Crippen LogP contribution in [0.4, 0.5) is 0 Å². The minimum absolute atomic E-state index is 0.137. The lowest BCUT2D eigenvalue weighted by molar-refractivity contribution is 0.0897. The molecule has 3 N–H and O–H groups in total. The fourth-order valence-electron chi connectivity index (χ4n) is 1.83. The van der Waals surface area contributed by atoms with Crippen molar-refractivity contribution in [2.75, 3.05) is 6.54 Å². The molecule has 0 aliphatic heterocycles. The van der Waals surface area contributed by atoms with E-state index in [4.69, 9.17) is 10.2 Å². The van der Waals surface area contributed by atoms with E-state index >= 15 is 0 Å². The number of nitrogens with one attached hydrogen (secondary N) is 1. The van der Waals surface area contributed by atoms with E-state index in [1.165, 1.54) is 12.5 Å². The highest BCUT2D eigenvalue weighted by molar-refractivity contribution is 5.94. The first kappa shape index (κ1) is 12.8. The summed E-state index contributed by atoms with van der Waals surface area (Å²) in [6, 6.07) is 1.64. The SMILES string of the molecule is CC(C)CC(C)(CN)NC(=O)c1ccoc1. The predicted molar refractivity (Wildman–Crippen MR) is 63.1 cm³/mol. The Bertz CT molecular complexity index is 333. The summed E-state index contributed by atoms with van der Waals surface area (Å²) in [5, 5.41) is 2.95. The van der Waals surface area contributed by atoms with Gasteiger partial charge in [0.1, 0.15) is 6.26 Å². The molecule has 0 fully saturated rings. The van der Waals surface area contributed by atoms with Gasteiger partial charge in [-0.3, -0.25) is 4.79 Å². The molecule has 1 unspecified atom stereocenters. The number of hydrogen-bond acceptors (Lipinski definition) is 3. The van der Waals surface area contributed by atoms with Crippen LogP contribution in [0.25, 0.3) is 0 Å². The van der Waals surface area contributed by atoms with Crippen molar-refractivity contribution in [2.45, 2.75) is 32.7 Å². The lowest BCUT2D eigenvalue weighted by Crippen LogP contribution is -2.52. The number of furan rings is 1. The van der Waals surface area contributed by atoms with Gasteiger partial charge < -0.3 is 15.5 Å². The normalized spacial score (nSPS) is 14.8. The van der Waals surface area contributed by atoms with Crippen LogP contribution in [-0.2, 0) is 0 Å². The van der Waals surface area contributed by atoms with Crippen LogP contribution in [0.2, 0.25) is 0 Å². The van der Waals surface area contributed by atoms with E-state index in [2.05, 4.69) is 19.2 Å². The second-order valence-corrected chi connectivity index (χ2v) is 4.83. The third-order valence-electron chi connectivity index (χ3n) is 2.51. The molecule has 0 bridgehead atoms. The van der Waals surface area contributed by atoms with Crippen molar-refractivity contribution < 1.29 is 9.21 Å². The molecule has 0 aliphatic carbocycles. The molecule has 4 nitrogen and oxygen atoms in total. The topological polar surface area (TPSA) is 68.3 Å². The first-order chi connectivity index (χ1) is 7.47. The molecule has 4 heteroatoms. The summed E-state index contributed by atoms with van der Waals surface area (Å²) in [6.45, 7) is 6.61. The number of carbonyl (C=O) groups is 1. The van der Waals surface area contributed by atoms with Crippen molar-refractivity contribution >= 4 is 5.91 Å². The van der Waals surface area contributed by atoms with E-state index < -0.39 is 0 Å². The molecular weight excluding hydrogens is 204 g/mol. The lowest BCUT2D eigenvalue weighted by Gasteiger charge is -2.31. The van der Waals surface area contributed by atoms with Gasteiger partial charge in [0.25, 0.3) is 5.91 Å². The molecule has 0 radical (unpaired) electrons. The second kappa shape index (κ2) is 5.16. The van der Waals surface area contributed by atoms with Gasteiger partial charge in [0.05, 0.1) is 11.8 Å². The van der Waals surface area contributed by atoms with E-state index in [1.807, 2.05) is 6.92 Å². The summed E-state index contributed by atoms with van der Waals surface area (Å²) in [5.41, 5.74) is 5.89. The molecule has 1 atom stereocenters. The first-order valence-electron chi connectivity index (χ1n) is 5.51. The molecule has 0 saturated heterocycles. The van der Waals surface area contributed by atoms with Crippen LogP contribution in [0, 0.1) is 5.92 Å². The van der Waals surface area contributed by atoms with Crippen LogP contribution < -0.4 is 11.1 Å². The van der Waals surface area contributed by atoms with Crippen molar-refractivity contribution in [1.82, 2.24) is 5.32 Å². The maximum atomic E-state index is 11.8. The van der Waals surface area contributed by atoms with Gasteiger partial charge >= 0.3 is 0 Å². The molecule has 1 rings (SSSR count). The highest BCUT2D eigenvalue weighted by atomic mass is 16.3. The van der Waals surface area contributed by atoms with Gasteiger partial charge in [-0.05, 0) is 25.3 Å². The average molecular weight is 224 g/mol. The van der Waals surface area contributed by atoms with E-state index in [1.54, 1.807) is 6.07 Å². The Kier molecular flexibility index (Phi) is 4.12. The zero-order valence-electron chi connectivity index (χ0n) is 10.1. The molecule has 0 aliphatic rings. The minimum atomic E-state index is -0.359. The van der Waals surface area contributed by atoms with Crippen molar-refractivity contribution in [3.8, 4) is 0 Å². The predicted octanol–water partition coefficient (Wildman–Crippen LogP) is 1.77. The number of hydrogen-bond donors (Lipinski definition) is 2. The van der Waals surface area contributed by atoms with Gasteiger partial charge in [0, 0.05) is 12.1 Å². The van der Waals surface area contributed by atoms with E-state index in [0.717, 1.165) is 6.42 Å². The van der Waals surface area contributed by atoms with Crippen LogP contribution >= 0.6 is 0 Å². The summed E-state index contributed by atoms with van der Waals surface area (Å²) in [5.74, 6) is 0.348. The molecule has 0 spiro atoms. The lowest BCUT2D eigenvalue weighted by atomic mass is 9.90. The van der Waals surface area contributed by atoms with Crippen LogP contribution in [0.3, 0.4) is 0 Å². The molecule has 1 aromatic rings. The zero-order chi connectivity index (χ0) is 12.2. The summed E-state index contributed by atoms with van der Waals surface area (Å²) >= 11 is 0. The number of amides is 1. The van der Waals surface area contributed by atoms with Gasteiger partial charge in [-0.1, -0.05) is 13.8 Å². The highest BCUT2D eigenvalue weighted by Gasteiger charge is 2.26. The van der Waals surface area contributed by atoms with Gasteiger partial charge in [-0.15, -0.1) is 0 Å². The summed E-state index contributed by atoms with van der Waals surface area (Å²) in [7, 11) is 0. The standard InChI is InChI=1S/C12H20N2O2/c1-9(2)6-12(3,8-13)14-11(15)10-4-5-16-7-10/h4-5,7,9H,6,8,13H2,1-3H3,(H,14,15). The Morgan fingerprint density at radius 1 is 1.62 bits per heavy atom. The average Bonchev–Trinajstić information content (AvgIpc) is 2.69. The zero-order valence-corrected chi connectivity index (χ0v) is 10.1. The molecule has 16 heavy (non-hydrogen) atoms. The van der Waals surface area contributed by atoms with Gasteiger partial charge in [0.2, 0.25) is 0 Å². The van der Waals surface area contributed by atoms with Crippen LogP contribution in [0.15, 0.2) is 23.0 Å². The third kappa shape index (κ3) is 3.38. The van der Waals surface area contributed by atoms with Crippen molar-refractivity contribution in [3.05, 3.63) is 24.2 Å². The highest BCUT2D eigenvalue weighted by Crippen LogP contribution is 2.16. The maximum absolute atomic E-state index is 11.8. The fraction of sp³-hybridized carbons (Fsp3) is 0.583. The summed E-state index contributed by atoms with van der Waals surface area (Å²) in [4.78, 5) is 11.8. The first-order valence-corrected chi connectivity index (χ1v) is 5.51. The van der Waals surface area contributed by atoms with Gasteiger partial charge in [-0.2, -0.15) is 0 Å². The molecule has 0 aromatic carbocycles. The monoisotopic (exact) mass is 224 g/mol. The Morgan fingerprint density at radius 2 is 2.31 bits per heavy atom. The van der Waals surface area contributed by atoms with Crippen LogP contribution in [-0.4, -0.2) is 18.0 Å². The van der Waals surface area contributed by atoms with Crippen molar-refractivity contribution in [3.63, 3.8) is 0 Å². The van der Waals surface area contributed by atoms with Crippen molar-refractivity contribution in [2.24, 2.45) is 11.7 Å². The van der Waals surface area contributed by atoms with Crippen LogP contribution in [0.1, 0.15) is 37.6 Å². The molecule has 90 valence electrons. The largest absolute Gasteiger partial charge is 0.472 e. The smallest absolute Gasteiger partial charge is 0.254 e. The van der Waals surface area contributed by atoms with E-state index in [0.29, 0.717) is 18.0 Å². The Balaban J connectivity index is 2.66. The third-order valence-corrected chi connectivity index (χ3v) is 2.51. The van der Waals surface area contributed by atoms with Gasteiger partial charge in [-0.25, -0.2) is 0 Å². The number of rotatable bonds is 5. The second-order valence-electron chi connectivity index (χ2n) is 4.83. The summed E-state index contributed by atoms with van der Waals surface area (Å²) < 4.78 is 4.87. The molecule has 1 heterocycles. The maximum Gasteiger partial charge on any atom is 0.254 e. The minimum Gasteiger partial charge on any atom is -0.472 e. The number of nitrogens with two attached hydrogens (primary N) is 1. The quantitative estimate of drug-likeness (QED) is 0.801. The Labute approximate surface area is 96.2 Å². The Morgan fingerprint density at radius 3 is 2.75 bits per heavy atom. The Hall–Kier alpha value is -1.29. The molecule has 0 saturated carbocycles. The van der Waals surface area contributed by atoms with Crippen LogP contribution in [0.5, 0.6) is 0 Å². The fourth-order valence-corrected chi connectivity index (χ4v) is 1.83.